The lowest BCUT2D eigenvalue weighted by Crippen LogP contribution is -2.44. The van der Waals surface area contributed by atoms with Gasteiger partial charge in [-0.2, -0.15) is 0 Å². The predicted molar refractivity (Wildman–Crippen MR) is 136 cm³/mol. The lowest BCUT2D eigenvalue weighted by molar-refractivity contribution is -0.149. The molecule has 1 aromatic carbocycles. The molecule has 0 bridgehead atoms. The molecule has 7 nitrogen and oxygen atoms in total. The zero-order chi connectivity index (χ0) is 25.3. The fourth-order valence-corrected chi connectivity index (χ4v) is 5.39. The van der Waals surface area contributed by atoms with Gasteiger partial charge in [0.2, 0.25) is 0 Å². The zero-order valence-electron chi connectivity index (χ0n) is 21.4. The number of nitrogens with zero attached hydrogens (tertiary/aromatic N) is 3. The molecule has 0 fully saturated rings. The van der Waals surface area contributed by atoms with Gasteiger partial charge in [0.1, 0.15) is 18.1 Å². The SMILES string of the molecule is C=C1OCc2c(cc3n(c2=O)Cc2cc4c(CN(C)C)c(O)ccc4nc2-3)[C@]1(CC)OC(C)(C)C. The summed E-state index contributed by atoms with van der Waals surface area (Å²) in [7, 11) is 3.93. The van der Waals surface area contributed by atoms with Crippen molar-refractivity contribution >= 4 is 10.9 Å². The molecular weight excluding hydrogens is 442 g/mol. The van der Waals surface area contributed by atoms with Crippen LogP contribution >= 0.6 is 0 Å². The number of aromatic nitrogens is 2. The number of fused-ring (bicyclic) bond motifs is 5. The van der Waals surface area contributed by atoms with Crippen molar-refractivity contribution in [2.75, 3.05) is 14.1 Å². The number of rotatable bonds is 4. The third-order valence-corrected chi connectivity index (χ3v) is 6.86. The van der Waals surface area contributed by atoms with Crippen molar-refractivity contribution in [2.45, 2.75) is 65.0 Å². The molecule has 3 aromatic rings. The maximum Gasteiger partial charge on any atom is 0.258 e. The Labute approximate surface area is 205 Å². The van der Waals surface area contributed by atoms with Crippen molar-refractivity contribution in [1.29, 1.82) is 0 Å². The molecule has 5 rings (SSSR count). The van der Waals surface area contributed by atoms with Crippen LogP contribution in [0.5, 0.6) is 5.75 Å². The first kappa shape index (κ1) is 23.6. The van der Waals surface area contributed by atoms with Gasteiger partial charge >= 0.3 is 0 Å². The Hall–Kier alpha value is -3.16. The average Bonchev–Trinajstić information content (AvgIpc) is 3.14. The van der Waals surface area contributed by atoms with Gasteiger partial charge in [0, 0.05) is 28.6 Å². The highest BCUT2D eigenvalue weighted by molar-refractivity contribution is 5.88. The Kier molecular flexibility index (Phi) is 5.34. The Morgan fingerprint density at radius 3 is 2.69 bits per heavy atom. The summed E-state index contributed by atoms with van der Waals surface area (Å²) in [5.74, 6) is 0.777. The van der Waals surface area contributed by atoms with Crippen molar-refractivity contribution in [3.05, 3.63) is 69.2 Å². The second kappa shape index (κ2) is 7.93. The van der Waals surface area contributed by atoms with Crippen molar-refractivity contribution in [2.24, 2.45) is 0 Å². The molecule has 0 saturated heterocycles. The Balaban J connectivity index is 1.74. The molecule has 1 N–H and O–H groups in total. The molecule has 2 aliphatic rings. The minimum absolute atomic E-state index is 0.0845. The fourth-order valence-electron chi connectivity index (χ4n) is 5.39. The zero-order valence-corrected chi connectivity index (χ0v) is 21.4. The standard InChI is InChI=1S/C28H33N3O4/c1-8-28(35-27(3,4)5)16(2)34-15-20-21(28)12-23-25-17(13-31(23)26(20)33)11-18-19(14-30(6)7)24(32)10-9-22(18)29-25/h9-12,32H,2,8,13-15H2,1,3-7H3/t28-/m1/s1. The highest BCUT2D eigenvalue weighted by Gasteiger charge is 2.46. The summed E-state index contributed by atoms with van der Waals surface area (Å²) < 4.78 is 14.3. The minimum atomic E-state index is -0.912. The first-order chi connectivity index (χ1) is 16.4. The summed E-state index contributed by atoms with van der Waals surface area (Å²) in [5.41, 5.74) is 4.10. The third kappa shape index (κ3) is 3.65. The highest BCUT2D eigenvalue weighted by atomic mass is 16.6. The van der Waals surface area contributed by atoms with Crippen molar-refractivity contribution in [3.8, 4) is 17.1 Å². The van der Waals surface area contributed by atoms with E-state index in [-0.39, 0.29) is 17.9 Å². The van der Waals surface area contributed by atoms with Gasteiger partial charge in [-0.1, -0.05) is 13.5 Å². The summed E-state index contributed by atoms with van der Waals surface area (Å²) in [6, 6.07) is 7.63. The fraction of sp³-hybridized carbons (Fsp3) is 0.429. The number of ether oxygens (including phenoxy) is 2. The number of phenols is 1. The van der Waals surface area contributed by atoms with Crippen LogP contribution in [0, 0.1) is 0 Å². The van der Waals surface area contributed by atoms with Crippen molar-refractivity contribution < 1.29 is 14.6 Å². The lowest BCUT2D eigenvalue weighted by Gasteiger charge is -2.43. The molecule has 2 aromatic heterocycles. The van der Waals surface area contributed by atoms with Crippen LogP contribution in [0.1, 0.15) is 56.4 Å². The van der Waals surface area contributed by atoms with E-state index in [0.29, 0.717) is 30.8 Å². The van der Waals surface area contributed by atoms with E-state index in [9.17, 15) is 9.90 Å². The molecule has 184 valence electrons. The van der Waals surface area contributed by atoms with Gasteiger partial charge in [0.15, 0.2) is 5.60 Å². The van der Waals surface area contributed by atoms with Crippen LogP contribution in [0.3, 0.4) is 0 Å². The monoisotopic (exact) mass is 475 g/mol. The Morgan fingerprint density at radius 2 is 2.03 bits per heavy atom. The Bertz CT molecular complexity index is 1430. The number of hydrogen-bond donors (Lipinski definition) is 1. The van der Waals surface area contributed by atoms with E-state index in [1.54, 1.807) is 10.6 Å². The summed E-state index contributed by atoms with van der Waals surface area (Å²) in [5, 5.41) is 11.4. The number of phenolic OH excluding ortho intramolecular Hbond substituents is 1. The first-order valence-electron chi connectivity index (χ1n) is 12.0. The van der Waals surface area contributed by atoms with Gasteiger partial charge in [-0.15, -0.1) is 0 Å². The van der Waals surface area contributed by atoms with Crippen LogP contribution in [0.25, 0.3) is 22.3 Å². The Morgan fingerprint density at radius 1 is 1.29 bits per heavy atom. The van der Waals surface area contributed by atoms with E-state index >= 15 is 0 Å². The molecule has 35 heavy (non-hydrogen) atoms. The van der Waals surface area contributed by atoms with E-state index in [4.69, 9.17) is 14.5 Å². The van der Waals surface area contributed by atoms with Gasteiger partial charge < -0.3 is 24.0 Å². The third-order valence-electron chi connectivity index (χ3n) is 6.86. The van der Waals surface area contributed by atoms with Crippen LogP contribution in [-0.4, -0.2) is 39.3 Å². The largest absolute Gasteiger partial charge is 0.508 e. The number of aromatic hydroxyl groups is 1. The van der Waals surface area contributed by atoms with Crippen molar-refractivity contribution in [1.82, 2.24) is 14.5 Å². The van der Waals surface area contributed by atoms with Gasteiger partial charge in [0.25, 0.3) is 5.56 Å². The van der Waals surface area contributed by atoms with Gasteiger partial charge in [-0.05, 0) is 65.6 Å². The quantitative estimate of drug-likeness (QED) is 0.463. The van der Waals surface area contributed by atoms with E-state index < -0.39 is 11.2 Å². The van der Waals surface area contributed by atoms with E-state index in [1.807, 2.05) is 58.8 Å². The summed E-state index contributed by atoms with van der Waals surface area (Å²) in [4.78, 5) is 20.7. The molecule has 2 aliphatic heterocycles. The number of hydrogen-bond acceptors (Lipinski definition) is 6. The average molecular weight is 476 g/mol. The van der Waals surface area contributed by atoms with Gasteiger partial charge in [-0.25, -0.2) is 4.98 Å². The number of pyridine rings is 2. The molecule has 0 saturated carbocycles. The highest BCUT2D eigenvalue weighted by Crippen LogP contribution is 2.46. The molecule has 0 radical (unpaired) electrons. The maximum atomic E-state index is 13.7. The second-order valence-corrected chi connectivity index (χ2v) is 10.8. The minimum Gasteiger partial charge on any atom is -0.508 e. The molecule has 0 spiro atoms. The van der Waals surface area contributed by atoms with Gasteiger partial charge in [0.05, 0.1) is 34.6 Å². The maximum absolute atomic E-state index is 13.7. The molecular formula is C28H33N3O4. The summed E-state index contributed by atoms with van der Waals surface area (Å²) >= 11 is 0. The van der Waals surface area contributed by atoms with E-state index in [2.05, 4.69) is 12.6 Å². The first-order valence-corrected chi connectivity index (χ1v) is 12.0. The normalized spacial score (nSPS) is 19.0. The van der Waals surface area contributed by atoms with Crippen LogP contribution < -0.4 is 5.56 Å². The molecule has 7 heteroatoms. The molecule has 0 aliphatic carbocycles. The summed E-state index contributed by atoms with van der Waals surface area (Å²) in [6.07, 6.45) is 0.587. The van der Waals surface area contributed by atoms with E-state index in [0.717, 1.165) is 39.0 Å². The van der Waals surface area contributed by atoms with Crippen LogP contribution in [0.4, 0.5) is 0 Å². The van der Waals surface area contributed by atoms with E-state index in [1.165, 1.54) is 0 Å². The predicted octanol–water partition coefficient (Wildman–Crippen LogP) is 4.66. The van der Waals surface area contributed by atoms with Gasteiger partial charge in [-0.3, -0.25) is 4.79 Å². The smallest absolute Gasteiger partial charge is 0.258 e. The van der Waals surface area contributed by atoms with Crippen molar-refractivity contribution in [3.63, 3.8) is 0 Å². The molecule has 0 unspecified atom stereocenters. The second-order valence-electron chi connectivity index (χ2n) is 10.8. The molecule has 4 heterocycles. The van der Waals surface area contributed by atoms with Crippen LogP contribution in [0.15, 0.2) is 41.4 Å². The topological polar surface area (TPSA) is 76.8 Å². The molecule has 0 amide bonds. The molecule has 1 atom stereocenters. The van der Waals surface area contributed by atoms with Crippen LogP contribution in [-0.2, 0) is 34.8 Å². The summed E-state index contributed by atoms with van der Waals surface area (Å²) in [6.45, 7) is 13.4. The lowest BCUT2D eigenvalue weighted by atomic mass is 9.83. The number of benzene rings is 1. The van der Waals surface area contributed by atoms with Crippen LogP contribution in [0.2, 0.25) is 0 Å².